The number of carbonyl (C=O) groups excluding carboxylic acids is 2. The minimum absolute atomic E-state index is 0.0286. The molecule has 0 aliphatic heterocycles. The summed E-state index contributed by atoms with van der Waals surface area (Å²) in [7, 11) is 5.28. The zero-order valence-electron chi connectivity index (χ0n) is 16.7. The summed E-state index contributed by atoms with van der Waals surface area (Å²) in [6.07, 6.45) is 0. The fourth-order valence-electron chi connectivity index (χ4n) is 2.60. The van der Waals surface area contributed by atoms with E-state index < -0.39 is 0 Å². The van der Waals surface area contributed by atoms with Crippen LogP contribution in [0.2, 0.25) is 0 Å². The molecule has 27 heavy (non-hydrogen) atoms. The van der Waals surface area contributed by atoms with E-state index in [4.69, 9.17) is 0 Å². The molecule has 4 nitrogen and oxygen atoms in total. The molecule has 2 aromatic rings. The van der Waals surface area contributed by atoms with Crippen LogP contribution in [0.5, 0.6) is 0 Å². The van der Waals surface area contributed by atoms with Crippen molar-refractivity contribution in [2.24, 2.45) is 0 Å². The highest BCUT2D eigenvalue weighted by molar-refractivity contribution is 8.00. The molecule has 0 bridgehead atoms. The molecule has 0 heterocycles. The van der Waals surface area contributed by atoms with Crippen LogP contribution in [0.1, 0.15) is 41.3 Å². The summed E-state index contributed by atoms with van der Waals surface area (Å²) in [6.45, 7) is 4.88. The maximum absolute atomic E-state index is 12.9. The molecule has 5 heteroatoms. The quantitative estimate of drug-likeness (QED) is 0.670. The summed E-state index contributed by atoms with van der Waals surface area (Å²) in [6, 6.07) is 15.9. The second-order valence-electron chi connectivity index (χ2n) is 7.13. The van der Waals surface area contributed by atoms with Crippen LogP contribution >= 0.6 is 11.8 Å². The Balaban J connectivity index is 2.08. The number of amides is 2. The monoisotopic (exact) mass is 384 g/mol. The van der Waals surface area contributed by atoms with E-state index in [0.717, 1.165) is 10.5 Å². The van der Waals surface area contributed by atoms with Crippen molar-refractivity contribution >= 4 is 23.6 Å². The second-order valence-corrected chi connectivity index (χ2v) is 8.15. The van der Waals surface area contributed by atoms with E-state index in [-0.39, 0.29) is 11.8 Å². The van der Waals surface area contributed by atoms with E-state index in [0.29, 0.717) is 23.8 Å². The highest BCUT2D eigenvalue weighted by atomic mass is 32.2. The van der Waals surface area contributed by atoms with E-state index >= 15 is 0 Å². The first-order valence-corrected chi connectivity index (χ1v) is 10.0. The van der Waals surface area contributed by atoms with Gasteiger partial charge in [-0.2, -0.15) is 0 Å². The van der Waals surface area contributed by atoms with Crippen molar-refractivity contribution in [3.05, 3.63) is 65.2 Å². The van der Waals surface area contributed by atoms with E-state index in [1.165, 1.54) is 17.3 Å². The molecule has 0 atom stereocenters. The molecular weight excluding hydrogens is 356 g/mol. The van der Waals surface area contributed by atoms with Gasteiger partial charge in [0.2, 0.25) is 5.91 Å². The number of hydrogen-bond donors (Lipinski definition) is 0. The standard InChI is InChI=1S/C22H28N2O2S/c1-16(2)18-12-10-17(11-13-18)14-24(5)22(26)19-8-6-7-9-20(19)27-15-21(25)23(3)4/h6-13,16H,14-15H2,1-5H3. The van der Waals surface area contributed by atoms with Gasteiger partial charge < -0.3 is 9.80 Å². The predicted molar refractivity (Wildman–Crippen MR) is 112 cm³/mol. The predicted octanol–water partition coefficient (Wildman–Crippen LogP) is 4.26. The molecule has 0 saturated heterocycles. The Morgan fingerprint density at radius 1 is 0.963 bits per heavy atom. The SMILES string of the molecule is CC(C)c1ccc(CN(C)C(=O)c2ccccc2SCC(=O)N(C)C)cc1. The van der Waals surface area contributed by atoms with Gasteiger partial charge in [-0.1, -0.05) is 50.2 Å². The maximum Gasteiger partial charge on any atom is 0.255 e. The normalized spacial score (nSPS) is 10.7. The van der Waals surface area contributed by atoms with Crippen LogP contribution in [-0.2, 0) is 11.3 Å². The Labute approximate surface area is 166 Å². The lowest BCUT2D eigenvalue weighted by Crippen LogP contribution is -2.27. The van der Waals surface area contributed by atoms with Crippen molar-refractivity contribution in [1.29, 1.82) is 0 Å². The van der Waals surface area contributed by atoms with E-state index in [1.807, 2.05) is 31.3 Å². The van der Waals surface area contributed by atoms with Crippen molar-refractivity contribution in [3.8, 4) is 0 Å². The third kappa shape index (κ3) is 5.86. The molecule has 0 unspecified atom stereocenters. The van der Waals surface area contributed by atoms with E-state index in [9.17, 15) is 9.59 Å². The van der Waals surface area contributed by atoms with Crippen LogP contribution in [0.3, 0.4) is 0 Å². The first kappa shape index (κ1) is 21.0. The molecule has 0 fully saturated rings. The molecule has 0 aliphatic carbocycles. The van der Waals surface area contributed by atoms with Crippen LogP contribution in [0.25, 0.3) is 0 Å². The molecule has 0 saturated carbocycles. The van der Waals surface area contributed by atoms with E-state index in [2.05, 4.69) is 38.1 Å². The fourth-order valence-corrected chi connectivity index (χ4v) is 3.62. The van der Waals surface area contributed by atoms with Crippen molar-refractivity contribution in [2.75, 3.05) is 26.9 Å². The summed E-state index contributed by atoms with van der Waals surface area (Å²) in [5.74, 6) is 0.800. The molecule has 0 aromatic heterocycles. The average Bonchev–Trinajstić information content (AvgIpc) is 2.66. The molecule has 2 aromatic carbocycles. The number of carbonyl (C=O) groups is 2. The molecule has 0 N–H and O–H groups in total. The zero-order chi connectivity index (χ0) is 20.0. The van der Waals surface area contributed by atoms with E-state index in [1.54, 1.807) is 23.9 Å². The average molecular weight is 385 g/mol. The minimum atomic E-state index is -0.0386. The number of benzene rings is 2. The van der Waals surface area contributed by atoms with Crippen LogP contribution in [0.4, 0.5) is 0 Å². The number of nitrogens with zero attached hydrogens (tertiary/aromatic N) is 2. The molecule has 2 amide bonds. The molecule has 0 spiro atoms. The Morgan fingerprint density at radius 3 is 2.19 bits per heavy atom. The maximum atomic E-state index is 12.9. The van der Waals surface area contributed by atoms with Gasteiger partial charge in [0.05, 0.1) is 11.3 Å². The van der Waals surface area contributed by atoms with Crippen LogP contribution < -0.4 is 0 Å². The topological polar surface area (TPSA) is 40.6 Å². The van der Waals surface area contributed by atoms with Crippen LogP contribution in [-0.4, -0.2) is 48.5 Å². The van der Waals surface area contributed by atoms with Crippen LogP contribution in [0, 0.1) is 0 Å². The molecular formula is C22H28N2O2S. The summed E-state index contributed by atoms with van der Waals surface area (Å²) in [5, 5.41) is 0. The van der Waals surface area contributed by atoms with Gasteiger partial charge in [0, 0.05) is 32.6 Å². The summed E-state index contributed by atoms with van der Waals surface area (Å²) in [4.78, 5) is 28.9. The molecule has 0 radical (unpaired) electrons. The van der Waals surface area contributed by atoms with Gasteiger partial charge in [-0.15, -0.1) is 11.8 Å². The van der Waals surface area contributed by atoms with Gasteiger partial charge in [-0.3, -0.25) is 9.59 Å². The van der Waals surface area contributed by atoms with Gasteiger partial charge in [-0.25, -0.2) is 0 Å². The van der Waals surface area contributed by atoms with Gasteiger partial charge in [-0.05, 0) is 29.2 Å². The minimum Gasteiger partial charge on any atom is -0.348 e. The highest BCUT2D eigenvalue weighted by Crippen LogP contribution is 2.24. The van der Waals surface area contributed by atoms with Crippen molar-refractivity contribution in [2.45, 2.75) is 31.2 Å². The Bertz CT molecular complexity index is 785. The molecule has 0 aliphatic rings. The van der Waals surface area contributed by atoms with Crippen LogP contribution in [0.15, 0.2) is 53.4 Å². The van der Waals surface area contributed by atoms with Crippen molar-refractivity contribution < 1.29 is 9.59 Å². The fraction of sp³-hybridized carbons (Fsp3) is 0.364. The molecule has 144 valence electrons. The first-order chi connectivity index (χ1) is 12.8. The Kier molecular flexibility index (Phi) is 7.48. The smallest absolute Gasteiger partial charge is 0.255 e. The number of thioether (sulfide) groups is 1. The Morgan fingerprint density at radius 2 is 1.59 bits per heavy atom. The third-order valence-electron chi connectivity index (χ3n) is 4.38. The van der Waals surface area contributed by atoms with Gasteiger partial charge in [0.15, 0.2) is 0 Å². The summed E-state index contributed by atoms with van der Waals surface area (Å²) >= 11 is 1.40. The lowest BCUT2D eigenvalue weighted by molar-refractivity contribution is -0.125. The second kappa shape index (κ2) is 9.60. The van der Waals surface area contributed by atoms with Gasteiger partial charge in [0.1, 0.15) is 0 Å². The third-order valence-corrected chi connectivity index (χ3v) is 5.44. The highest BCUT2D eigenvalue weighted by Gasteiger charge is 2.17. The zero-order valence-corrected chi connectivity index (χ0v) is 17.5. The number of hydrogen-bond acceptors (Lipinski definition) is 3. The lowest BCUT2D eigenvalue weighted by Gasteiger charge is -2.19. The largest absolute Gasteiger partial charge is 0.348 e. The number of rotatable bonds is 7. The Hall–Kier alpha value is -2.27. The molecule has 2 rings (SSSR count). The summed E-state index contributed by atoms with van der Waals surface area (Å²) < 4.78 is 0. The van der Waals surface area contributed by atoms with Gasteiger partial charge in [0.25, 0.3) is 5.91 Å². The first-order valence-electron chi connectivity index (χ1n) is 9.06. The van der Waals surface area contributed by atoms with Crippen molar-refractivity contribution in [3.63, 3.8) is 0 Å². The lowest BCUT2D eigenvalue weighted by atomic mass is 10.0. The summed E-state index contributed by atoms with van der Waals surface area (Å²) in [5.41, 5.74) is 3.03. The van der Waals surface area contributed by atoms with Gasteiger partial charge >= 0.3 is 0 Å². The van der Waals surface area contributed by atoms with Crippen molar-refractivity contribution in [1.82, 2.24) is 9.80 Å².